The Labute approximate surface area is 393 Å². The van der Waals surface area contributed by atoms with Crippen LogP contribution in [-0.4, -0.2) is 8.07 Å². The van der Waals surface area contributed by atoms with Crippen molar-refractivity contribution in [1.29, 1.82) is 0 Å². The van der Waals surface area contributed by atoms with Crippen molar-refractivity contribution >= 4 is 23.6 Å². The second kappa shape index (κ2) is 18.5. The predicted molar refractivity (Wildman–Crippen MR) is 246 cm³/mol. The van der Waals surface area contributed by atoms with Gasteiger partial charge in [0.1, 0.15) is 0 Å². The second-order valence-electron chi connectivity index (χ2n) is 23.1. The van der Waals surface area contributed by atoms with E-state index < -0.39 is 8.07 Å². The van der Waals surface area contributed by atoms with Gasteiger partial charge in [-0.25, -0.2) is 0 Å². The summed E-state index contributed by atoms with van der Waals surface area (Å²) >= 11 is 2.46. The molecule has 1 aliphatic rings. The average molecular weight is 904 g/mol. The molecule has 0 fully saturated rings. The summed E-state index contributed by atoms with van der Waals surface area (Å²) in [4.78, 5) is 0. The van der Waals surface area contributed by atoms with Crippen LogP contribution in [0.1, 0.15) is 170 Å². The zero-order valence-electron chi connectivity index (χ0n) is 39.7. The van der Waals surface area contributed by atoms with E-state index in [9.17, 15) is 0 Å². The van der Waals surface area contributed by atoms with Gasteiger partial charge in [-0.2, -0.15) is 0 Å². The molecule has 4 aromatic rings. The summed E-state index contributed by atoms with van der Waals surface area (Å²) < 4.78 is 1.53. The van der Waals surface area contributed by atoms with E-state index in [4.69, 9.17) is 0 Å². The fourth-order valence-corrected chi connectivity index (χ4v) is 14.7. The fraction of sp³-hybridized carbons (Fsp3) is 0.481. The van der Waals surface area contributed by atoms with Crippen molar-refractivity contribution in [2.75, 3.05) is 0 Å². The molecule has 0 nitrogen and oxygen atoms in total. The number of benzene rings is 4. The van der Waals surface area contributed by atoms with Crippen LogP contribution >= 0.6 is 0 Å². The number of rotatable bonds is 6. The van der Waals surface area contributed by atoms with Crippen LogP contribution in [0.15, 0.2) is 106 Å². The van der Waals surface area contributed by atoms with Gasteiger partial charge in [-0.1, -0.05) is 0 Å². The van der Waals surface area contributed by atoms with E-state index in [1.54, 1.807) is 5.20 Å². The van der Waals surface area contributed by atoms with Gasteiger partial charge in [-0.3, -0.25) is 0 Å². The molecule has 5 heteroatoms. The fourth-order valence-electron chi connectivity index (χ4n) is 8.13. The van der Waals surface area contributed by atoms with Gasteiger partial charge < -0.3 is 37.2 Å². The van der Waals surface area contributed by atoms with Crippen LogP contribution < -0.4 is 52.8 Å². The van der Waals surface area contributed by atoms with Gasteiger partial charge in [0.05, 0.1) is 0 Å². The maximum atomic E-state index is 2.67. The van der Waals surface area contributed by atoms with Crippen LogP contribution in [0.5, 0.6) is 0 Å². The van der Waals surface area contributed by atoms with Crippen molar-refractivity contribution in [1.82, 2.24) is 0 Å². The monoisotopic (exact) mass is 902 g/mol. The molecule has 59 heavy (non-hydrogen) atoms. The number of hydrogen-bond acceptors (Lipinski definition) is 0. The molecule has 0 bridgehead atoms. The zero-order chi connectivity index (χ0) is 42.0. The van der Waals surface area contributed by atoms with Crippen LogP contribution in [-0.2, 0) is 59.3 Å². The molecule has 0 saturated carbocycles. The van der Waals surface area contributed by atoms with E-state index >= 15 is 0 Å². The minimum atomic E-state index is -3.12. The molecule has 0 amide bonds. The molecule has 4 aromatic carbocycles. The molecule has 0 unspecified atom stereocenters. The van der Waals surface area contributed by atoms with E-state index in [1.165, 1.54) is 64.0 Å². The van der Waals surface area contributed by atoms with Crippen molar-refractivity contribution in [3.63, 3.8) is 0 Å². The minimum Gasteiger partial charge on any atom is -1.00 e. The second-order valence-corrected chi connectivity index (χ2v) is 27.8. The predicted octanol–water partition coefficient (Wildman–Crippen LogP) is 3.87. The Morgan fingerprint density at radius 3 is 0.949 bits per heavy atom. The molecule has 0 spiro atoms. The standard InChI is InChI=1S/C54H73Si.3ClH.Ti/c1-49(2,3)39-28-40(50(4,5)6)32-45(31-39)55(48-26-22-25-38(48)27-37-23-20-19-21-24-37,46-33-41(51(7,8)9)29-42(34-46)52(10,11)12)47-35-43(53(13,14)15)30-44(36-47)54(16,17)18;;;;/h19-21,23-25,28-36H,22,27H2,1-18H3;3*1H;/q;;;;+3/p-3. The Hall–Kier alpha value is -1.84. The first kappa shape index (κ1) is 53.3. The molecule has 0 radical (unpaired) electrons. The summed E-state index contributed by atoms with van der Waals surface area (Å²) in [6, 6.07) is 34.8. The Bertz CT molecular complexity index is 1870. The van der Waals surface area contributed by atoms with Crippen molar-refractivity contribution < 1.29 is 57.7 Å². The summed E-state index contributed by atoms with van der Waals surface area (Å²) in [6.07, 6.45) is 4.52. The topological polar surface area (TPSA) is 0 Å². The smallest absolute Gasteiger partial charge is 1.00 e. The summed E-state index contributed by atoms with van der Waals surface area (Å²) in [7, 11) is -3.12. The number of hydrogen-bond donors (Lipinski definition) is 0. The van der Waals surface area contributed by atoms with Crippen LogP contribution in [0.4, 0.5) is 0 Å². The van der Waals surface area contributed by atoms with Crippen LogP contribution in [0, 0.1) is 0 Å². The molecule has 1 aliphatic carbocycles. The van der Waals surface area contributed by atoms with Crippen molar-refractivity contribution in [2.45, 2.75) is 170 Å². The molecule has 0 heterocycles. The van der Waals surface area contributed by atoms with E-state index in [0.29, 0.717) is 0 Å². The van der Waals surface area contributed by atoms with Gasteiger partial charge in [0.25, 0.3) is 0 Å². The first-order chi connectivity index (χ1) is 25.4. The minimum absolute atomic E-state index is 0. The van der Waals surface area contributed by atoms with Gasteiger partial charge in [-0.05, 0) is 0 Å². The third kappa shape index (κ3) is 11.6. The Morgan fingerprint density at radius 1 is 0.424 bits per heavy atom. The van der Waals surface area contributed by atoms with E-state index in [2.05, 4.69) is 236 Å². The van der Waals surface area contributed by atoms with Gasteiger partial charge in [0.2, 0.25) is 0 Å². The van der Waals surface area contributed by atoms with Crippen molar-refractivity contribution in [3.8, 4) is 0 Å². The molecule has 5 rings (SSSR count). The van der Waals surface area contributed by atoms with Crippen LogP contribution in [0.2, 0.25) is 0 Å². The summed E-state index contributed by atoms with van der Waals surface area (Å²) in [5.74, 6) is 0. The molecule has 0 atom stereocenters. The molecule has 0 N–H and O–H groups in total. The van der Waals surface area contributed by atoms with Crippen molar-refractivity contribution in [2.24, 2.45) is 0 Å². The SMILES string of the molecule is CC(C)(C)c1cc(C(C)(C)C)cc([Si](C2=[C]([Ti+3])CC=C2Cc2ccccc2)(c2cc(C(C)(C)C)cc(C(C)(C)C)c2)c2cc(C(C)(C)C)cc(C(C)(C)C)c2)c1.[Cl-].[Cl-].[Cl-]. The van der Waals surface area contributed by atoms with E-state index in [-0.39, 0.29) is 69.7 Å². The Balaban J connectivity index is 0.00000400. The first-order valence-electron chi connectivity index (χ1n) is 21.1. The maximum absolute atomic E-state index is 3.12. The third-order valence-corrected chi connectivity index (χ3v) is 18.0. The molecule has 0 aromatic heterocycles. The maximum Gasteiger partial charge on any atom is -1.00 e. The van der Waals surface area contributed by atoms with Crippen LogP contribution in [0.3, 0.4) is 0 Å². The molecule has 0 saturated heterocycles. The molecule has 318 valence electrons. The molecular formula is C54H73Cl3SiTi. The van der Waals surface area contributed by atoms with Gasteiger partial charge in [-0.15, -0.1) is 0 Å². The summed E-state index contributed by atoms with van der Waals surface area (Å²) in [5.41, 5.74) is 11.3. The van der Waals surface area contributed by atoms with Crippen LogP contribution in [0.25, 0.3) is 0 Å². The van der Waals surface area contributed by atoms with Gasteiger partial charge >= 0.3 is 359 Å². The normalized spacial score (nSPS) is 14.3. The number of allylic oxidation sites excluding steroid dienone is 4. The largest absolute Gasteiger partial charge is 1.00 e. The first-order valence-corrected chi connectivity index (χ1v) is 23.9. The molecule has 0 aliphatic heterocycles. The molecular weight excluding hydrogens is 831 g/mol. The third-order valence-electron chi connectivity index (χ3n) is 12.1. The van der Waals surface area contributed by atoms with Gasteiger partial charge in [0, 0.05) is 0 Å². The quantitative estimate of drug-likeness (QED) is 0.204. The number of halogens is 3. The van der Waals surface area contributed by atoms with E-state index in [0.717, 1.165) is 12.8 Å². The summed E-state index contributed by atoms with van der Waals surface area (Å²) in [6.45, 7) is 43.2. The Morgan fingerprint density at radius 2 is 0.695 bits per heavy atom. The Kier molecular flexibility index (Phi) is 16.7. The van der Waals surface area contributed by atoms with Crippen molar-refractivity contribution in [3.05, 3.63) is 145 Å². The van der Waals surface area contributed by atoms with E-state index in [1.807, 2.05) is 0 Å². The zero-order valence-corrected chi connectivity index (χ0v) is 44.5. The van der Waals surface area contributed by atoms with Gasteiger partial charge in [0.15, 0.2) is 0 Å². The average Bonchev–Trinajstić information content (AvgIpc) is 3.42. The summed E-state index contributed by atoms with van der Waals surface area (Å²) in [5, 5.41) is 6.16.